The monoisotopic (exact) mass is 190 g/mol. The van der Waals surface area contributed by atoms with Gasteiger partial charge in [-0.15, -0.1) is 0 Å². The van der Waals surface area contributed by atoms with E-state index in [2.05, 4.69) is 37.3 Å². The molecule has 0 aliphatic rings. The van der Waals surface area contributed by atoms with Crippen molar-refractivity contribution >= 4 is 0 Å². The van der Waals surface area contributed by atoms with E-state index in [0.717, 1.165) is 6.42 Å². The van der Waals surface area contributed by atoms with E-state index in [9.17, 15) is 0 Å². The molecule has 0 spiro atoms. The summed E-state index contributed by atoms with van der Waals surface area (Å²) in [5.41, 5.74) is 0. The fourth-order valence-electron chi connectivity index (χ4n) is 1.05. The molecule has 0 heterocycles. The molecule has 0 atom stereocenters. The third kappa shape index (κ3) is 11.0. The minimum atomic E-state index is 1.15. The third-order valence-corrected chi connectivity index (χ3v) is 1.81. The van der Waals surface area contributed by atoms with Gasteiger partial charge in [0.2, 0.25) is 0 Å². The molecule has 0 aliphatic heterocycles. The summed E-state index contributed by atoms with van der Waals surface area (Å²) in [6.07, 6.45) is 21.8. The number of hydrogen-bond donors (Lipinski definition) is 0. The highest BCUT2D eigenvalue weighted by Gasteiger charge is 1.78. The Bertz CT molecular complexity index is 204. The lowest BCUT2D eigenvalue weighted by atomic mass is 10.2. The molecule has 0 saturated carbocycles. The van der Waals surface area contributed by atoms with E-state index in [1.165, 1.54) is 19.3 Å². The first-order chi connectivity index (χ1) is 6.91. The second-order valence-corrected chi connectivity index (χ2v) is 3.15. The zero-order valence-corrected chi connectivity index (χ0v) is 9.45. The maximum atomic E-state index is 2.27. The first-order valence-electron chi connectivity index (χ1n) is 5.51. The van der Waals surface area contributed by atoms with Crippen LogP contribution in [0.15, 0.2) is 48.6 Å². The van der Waals surface area contributed by atoms with E-state index < -0.39 is 0 Å². The number of rotatable bonds is 7. The van der Waals surface area contributed by atoms with Crippen molar-refractivity contribution in [1.29, 1.82) is 0 Å². The summed E-state index contributed by atoms with van der Waals surface area (Å²) in [6, 6.07) is 0. The molecule has 0 aromatic carbocycles. The Hall–Kier alpha value is -1.04. The summed E-state index contributed by atoms with van der Waals surface area (Å²) >= 11 is 0. The van der Waals surface area contributed by atoms with Crippen LogP contribution in [0.1, 0.15) is 39.5 Å². The number of allylic oxidation sites excluding steroid dienone is 8. The van der Waals surface area contributed by atoms with Gasteiger partial charge in [0.15, 0.2) is 0 Å². The van der Waals surface area contributed by atoms with Crippen molar-refractivity contribution in [3.05, 3.63) is 48.6 Å². The molecule has 0 rings (SSSR count). The molecule has 0 N–H and O–H groups in total. The van der Waals surface area contributed by atoms with Crippen LogP contribution in [-0.2, 0) is 0 Å². The zero-order chi connectivity index (χ0) is 10.5. The van der Waals surface area contributed by atoms with Gasteiger partial charge in [-0.3, -0.25) is 0 Å². The molecular weight excluding hydrogens is 168 g/mol. The van der Waals surface area contributed by atoms with Crippen LogP contribution in [0.3, 0.4) is 0 Å². The largest absolute Gasteiger partial charge is 0.0888 e. The third-order valence-electron chi connectivity index (χ3n) is 1.81. The molecule has 0 heteroatoms. The number of hydrogen-bond acceptors (Lipinski definition) is 0. The van der Waals surface area contributed by atoms with Gasteiger partial charge in [-0.05, 0) is 32.6 Å². The highest BCUT2D eigenvalue weighted by atomic mass is 13.8. The zero-order valence-electron chi connectivity index (χ0n) is 9.45. The van der Waals surface area contributed by atoms with E-state index in [4.69, 9.17) is 0 Å². The standard InChI is InChI=1S/C14H22/c1-3-5-7-9-11-13-14-12-10-8-6-4-2/h3,5-9,11,13H,4,10,12,14H2,1-2H3/b5-3+,8-6+,9-7+,13-11+. The lowest BCUT2D eigenvalue weighted by molar-refractivity contribution is 0.865. The van der Waals surface area contributed by atoms with Gasteiger partial charge in [-0.25, -0.2) is 0 Å². The molecule has 78 valence electrons. The summed E-state index contributed by atoms with van der Waals surface area (Å²) < 4.78 is 0. The summed E-state index contributed by atoms with van der Waals surface area (Å²) in [4.78, 5) is 0. The van der Waals surface area contributed by atoms with Crippen LogP contribution < -0.4 is 0 Å². The van der Waals surface area contributed by atoms with Crippen LogP contribution >= 0.6 is 0 Å². The van der Waals surface area contributed by atoms with E-state index >= 15 is 0 Å². The minimum Gasteiger partial charge on any atom is -0.0888 e. The molecular formula is C14H22. The van der Waals surface area contributed by atoms with Crippen LogP contribution in [0.2, 0.25) is 0 Å². The SMILES string of the molecule is C/C=C/C=C/C=C/CCC/C=C/CC. The lowest BCUT2D eigenvalue weighted by Crippen LogP contribution is -1.68. The van der Waals surface area contributed by atoms with Gasteiger partial charge in [0.1, 0.15) is 0 Å². The topological polar surface area (TPSA) is 0 Å². The Morgan fingerprint density at radius 3 is 2.21 bits per heavy atom. The average molecular weight is 190 g/mol. The van der Waals surface area contributed by atoms with Crippen LogP contribution in [0.4, 0.5) is 0 Å². The quantitative estimate of drug-likeness (QED) is 0.307. The van der Waals surface area contributed by atoms with Gasteiger partial charge in [0.05, 0.1) is 0 Å². The second-order valence-electron chi connectivity index (χ2n) is 3.15. The lowest BCUT2D eigenvalue weighted by Gasteiger charge is -1.88. The van der Waals surface area contributed by atoms with Crippen molar-refractivity contribution in [2.75, 3.05) is 0 Å². The molecule has 0 fully saturated rings. The Morgan fingerprint density at radius 2 is 1.50 bits per heavy atom. The minimum absolute atomic E-state index is 1.15. The van der Waals surface area contributed by atoms with E-state index in [1.54, 1.807) is 0 Å². The molecule has 0 unspecified atom stereocenters. The van der Waals surface area contributed by atoms with E-state index in [1.807, 2.05) is 25.2 Å². The maximum absolute atomic E-state index is 2.27. The molecule has 0 bridgehead atoms. The van der Waals surface area contributed by atoms with Crippen LogP contribution in [0.5, 0.6) is 0 Å². The number of unbranched alkanes of at least 4 members (excludes halogenated alkanes) is 2. The second kappa shape index (κ2) is 12.0. The van der Waals surface area contributed by atoms with Crippen LogP contribution in [0, 0.1) is 0 Å². The normalized spacial score (nSPS) is 13.0. The molecule has 0 amide bonds. The molecule has 0 nitrogen and oxygen atoms in total. The van der Waals surface area contributed by atoms with Crippen molar-refractivity contribution in [2.24, 2.45) is 0 Å². The van der Waals surface area contributed by atoms with Crippen molar-refractivity contribution in [3.63, 3.8) is 0 Å². The Labute approximate surface area is 88.7 Å². The first kappa shape index (κ1) is 13.0. The van der Waals surface area contributed by atoms with Crippen molar-refractivity contribution < 1.29 is 0 Å². The Balaban J connectivity index is 3.31. The summed E-state index contributed by atoms with van der Waals surface area (Å²) in [5, 5.41) is 0. The highest BCUT2D eigenvalue weighted by molar-refractivity contribution is 5.10. The smallest absolute Gasteiger partial charge is 0.0345 e. The molecule has 0 aromatic rings. The Kier molecular flexibility index (Phi) is 11.1. The predicted molar refractivity (Wildman–Crippen MR) is 66.4 cm³/mol. The van der Waals surface area contributed by atoms with Crippen molar-refractivity contribution in [2.45, 2.75) is 39.5 Å². The van der Waals surface area contributed by atoms with Crippen LogP contribution in [-0.4, -0.2) is 0 Å². The van der Waals surface area contributed by atoms with Gasteiger partial charge in [-0.1, -0.05) is 55.5 Å². The molecule has 14 heavy (non-hydrogen) atoms. The fraction of sp³-hybridized carbons (Fsp3) is 0.429. The molecule has 0 aliphatic carbocycles. The summed E-state index contributed by atoms with van der Waals surface area (Å²) in [7, 11) is 0. The molecule has 0 radical (unpaired) electrons. The fourth-order valence-corrected chi connectivity index (χ4v) is 1.05. The molecule has 0 aromatic heterocycles. The van der Waals surface area contributed by atoms with Crippen LogP contribution in [0.25, 0.3) is 0 Å². The van der Waals surface area contributed by atoms with Gasteiger partial charge in [0.25, 0.3) is 0 Å². The van der Waals surface area contributed by atoms with Crippen molar-refractivity contribution in [1.82, 2.24) is 0 Å². The summed E-state index contributed by atoms with van der Waals surface area (Å²) in [5.74, 6) is 0. The predicted octanol–water partition coefficient (Wildman–Crippen LogP) is 4.81. The van der Waals surface area contributed by atoms with Crippen molar-refractivity contribution in [3.8, 4) is 0 Å². The van der Waals surface area contributed by atoms with Gasteiger partial charge in [-0.2, -0.15) is 0 Å². The molecule has 0 saturated heterocycles. The first-order valence-corrected chi connectivity index (χ1v) is 5.51. The summed E-state index contributed by atoms with van der Waals surface area (Å²) in [6.45, 7) is 4.19. The van der Waals surface area contributed by atoms with Gasteiger partial charge < -0.3 is 0 Å². The van der Waals surface area contributed by atoms with E-state index in [-0.39, 0.29) is 0 Å². The average Bonchev–Trinajstić information content (AvgIpc) is 2.21. The van der Waals surface area contributed by atoms with Gasteiger partial charge in [0, 0.05) is 0 Å². The maximum Gasteiger partial charge on any atom is -0.0345 e. The van der Waals surface area contributed by atoms with Gasteiger partial charge >= 0.3 is 0 Å². The van der Waals surface area contributed by atoms with E-state index in [0.29, 0.717) is 0 Å². The Morgan fingerprint density at radius 1 is 0.786 bits per heavy atom. The highest BCUT2D eigenvalue weighted by Crippen LogP contribution is 1.98.